The third-order valence-electron chi connectivity index (χ3n) is 4.55. The van der Waals surface area contributed by atoms with Crippen LogP contribution in [0.15, 0.2) is 71.9 Å². The number of nitrogens with zero attached hydrogens (tertiary/aromatic N) is 1. The number of carboxylic acid groups (broad SMARTS) is 1. The highest BCUT2D eigenvalue weighted by atomic mass is 35.5. The minimum Gasteiger partial charge on any atom is -0.496 e. The van der Waals surface area contributed by atoms with Gasteiger partial charge in [0.15, 0.2) is 0 Å². The number of ether oxygens (including phenoxy) is 1. The summed E-state index contributed by atoms with van der Waals surface area (Å²) < 4.78 is 5.48. The van der Waals surface area contributed by atoms with Gasteiger partial charge in [-0.2, -0.15) is 0 Å². The molecule has 3 rings (SSSR count). The average molecular weight is 424 g/mol. The van der Waals surface area contributed by atoms with Gasteiger partial charge in [0.2, 0.25) is 0 Å². The Bertz CT molecular complexity index is 1060. The zero-order chi connectivity index (χ0) is 21.5. The predicted octanol–water partition coefficient (Wildman–Crippen LogP) is 5.58. The van der Waals surface area contributed by atoms with Crippen LogP contribution in [0.1, 0.15) is 23.6 Å². The summed E-state index contributed by atoms with van der Waals surface area (Å²) in [6.45, 7) is 2.18. The van der Waals surface area contributed by atoms with Gasteiger partial charge in [-0.1, -0.05) is 59.2 Å². The van der Waals surface area contributed by atoms with E-state index in [-0.39, 0.29) is 6.42 Å². The second kappa shape index (κ2) is 9.94. The van der Waals surface area contributed by atoms with Gasteiger partial charge in [-0.05, 0) is 53.4 Å². The van der Waals surface area contributed by atoms with Crippen molar-refractivity contribution >= 4 is 23.3 Å². The molecule has 0 unspecified atom stereocenters. The Morgan fingerprint density at radius 2 is 1.73 bits per heavy atom. The van der Waals surface area contributed by atoms with Crippen molar-refractivity contribution in [1.82, 2.24) is 0 Å². The molecule has 0 amide bonds. The van der Waals surface area contributed by atoms with E-state index in [2.05, 4.69) is 5.16 Å². The standard InChI is InChI=1S/C24H22ClNO4/c1-16(26-30-15-17-6-9-21(25)10-7-17)22-14-20(8-11-23(22)29-2)19-5-3-4-18(12-19)13-24(27)28/h3-12,14H,13,15H2,1-2H3,(H,27,28)/b26-16+. The molecule has 0 aliphatic rings. The zero-order valence-electron chi connectivity index (χ0n) is 16.8. The highest BCUT2D eigenvalue weighted by Gasteiger charge is 2.11. The van der Waals surface area contributed by atoms with Crippen molar-refractivity contribution in [3.05, 3.63) is 88.4 Å². The van der Waals surface area contributed by atoms with E-state index in [1.54, 1.807) is 13.2 Å². The van der Waals surface area contributed by atoms with E-state index in [1.165, 1.54) is 0 Å². The molecule has 0 radical (unpaired) electrons. The number of hydrogen-bond donors (Lipinski definition) is 1. The van der Waals surface area contributed by atoms with Crippen LogP contribution in [0.5, 0.6) is 5.75 Å². The number of benzene rings is 3. The Morgan fingerprint density at radius 3 is 2.43 bits per heavy atom. The van der Waals surface area contributed by atoms with Crippen LogP contribution >= 0.6 is 11.6 Å². The van der Waals surface area contributed by atoms with E-state index in [9.17, 15) is 4.79 Å². The quantitative estimate of drug-likeness (QED) is 0.379. The monoisotopic (exact) mass is 423 g/mol. The van der Waals surface area contributed by atoms with Gasteiger partial charge in [0.1, 0.15) is 12.4 Å². The van der Waals surface area contributed by atoms with E-state index >= 15 is 0 Å². The molecule has 0 saturated carbocycles. The molecule has 0 saturated heterocycles. The topological polar surface area (TPSA) is 68.1 Å². The van der Waals surface area contributed by atoms with E-state index in [1.807, 2.05) is 67.6 Å². The van der Waals surface area contributed by atoms with Crippen LogP contribution in [0.4, 0.5) is 0 Å². The summed E-state index contributed by atoms with van der Waals surface area (Å²) in [4.78, 5) is 16.5. The van der Waals surface area contributed by atoms with Crippen LogP contribution in [0.3, 0.4) is 0 Å². The predicted molar refractivity (Wildman–Crippen MR) is 118 cm³/mol. The lowest BCUT2D eigenvalue weighted by Crippen LogP contribution is -2.02. The molecule has 0 aromatic heterocycles. The first-order valence-corrected chi connectivity index (χ1v) is 9.74. The lowest BCUT2D eigenvalue weighted by Gasteiger charge is -2.12. The van der Waals surface area contributed by atoms with Gasteiger partial charge in [0.25, 0.3) is 0 Å². The molecule has 154 valence electrons. The summed E-state index contributed by atoms with van der Waals surface area (Å²) in [6.07, 6.45) is -0.0180. The number of hydrogen-bond acceptors (Lipinski definition) is 4. The van der Waals surface area contributed by atoms with Gasteiger partial charge in [-0.15, -0.1) is 0 Å². The molecule has 0 heterocycles. The lowest BCUT2D eigenvalue weighted by molar-refractivity contribution is -0.136. The van der Waals surface area contributed by atoms with Crippen LogP contribution in [-0.4, -0.2) is 23.9 Å². The molecule has 5 nitrogen and oxygen atoms in total. The van der Waals surface area contributed by atoms with Crippen LogP contribution in [0.25, 0.3) is 11.1 Å². The molecule has 1 N–H and O–H groups in total. The largest absolute Gasteiger partial charge is 0.496 e. The summed E-state index contributed by atoms with van der Waals surface area (Å²) in [7, 11) is 1.60. The second-order valence-electron chi connectivity index (χ2n) is 6.76. The van der Waals surface area contributed by atoms with Gasteiger partial charge >= 0.3 is 5.97 Å². The van der Waals surface area contributed by atoms with Crippen molar-refractivity contribution in [2.75, 3.05) is 7.11 Å². The Labute approximate surface area is 180 Å². The highest BCUT2D eigenvalue weighted by molar-refractivity contribution is 6.30. The summed E-state index contributed by atoms with van der Waals surface area (Å²) >= 11 is 5.90. The van der Waals surface area contributed by atoms with Crippen LogP contribution in [-0.2, 0) is 22.7 Å². The number of rotatable bonds is 8. The number of halogens is 1. The van der Waals surface area contributed by atoms with E-state index in [0.29, 0.717) is 23.1 Å². The fourth-order valence-corrected chi connectivity index (χ4v) is 3.17. The first-order valence-electron chi connectivity index (χ1n) is 9.37. The SMILES string of the molecule is COc1ccc(-c2cccc(CC(=O)O)c2)cc1/C(C)=N/OCc1ccc(Cl)cc1. The van der Waals surface area contributed by atoms with E-state index in [4.69, 9.17) is 26.3 Å². The van der Waals surface area contributed by atoms with Crippen LogP contribution < -0.4 is 4.74 Å². The number of methoxy groups -OCH3 is 1. The molecule has 0 atom stereocenters. The van der Waals surface area contributed by atoms with Crippen molar-refractivity contribution in [2.24, 2.45) is 5.16 Å². The van der Waals surface area contributed by atoms with E-state index < -0.39 is 5.97 Å². The molecular formula is C24H22ClNO4. The minimum absolute atomic E-state index is 0.0180. The molecule has 0 bridgehead atoms. The van der Waals surface area contributed by atoms with Crippen molar-refractivity contribution in [2.45, 2.75) is 20.0 Å². The Morgan fingerprint density at radius 1 is 1.00 bits per heavy atom. The number of oxime groups is 1. The van der Waals surface area contributed by atoms with Crippen molar-refractivity contribution in [3.8, 4) is 16.9 Å². The van der Waals surface area contributed by atoms with Gasteiger partial charge < -0.3 is 14.7 Å². The normalized spacial score (nSPS) is 11.2. The number of aliphatic carboxylic acids is 1. The minimum atomic E-state index is -0.858. The fraction of sp³-hybridized carbons (Fsp3) is 0.167. The maximum atomic E-state index is 11.0. The van der Waals surface area contributed by atoms with Gasteiger partial charge in [-0.3, -0.25) is 4.79 Å². The highest BCUT2D eigenvalue weighted by Crippen LogP contribution is 2.28. The molecular weight excluding hydrogens is 402 g/mol. The Kier molecular flexibility index (Phi) is 7.09. The summed E-state index contributed by atoms with van der Waals surface area (Å²) in [5.41, 5.74) is 5.04. The number of carbonyl (C=O) groups is 1. The molecule has 3 aromatic carbocycles. The first kappa shape index (κ1) is 21.4. The molecule has 6 heteroatoms. The Hall–Kier alpha value is -3.31. The fourth-order valence-electron chi connectivity index (χ4n) is 3.04. The van der Waals surface area contributed by atoms with Gasteiger partial charge in [-0.25, -0.2) is 0 Å². The maximum Gasteiger partial charge on any atom is 0.307 e. The zero-order valence-corrected chi connectivity index (χ0v) is 17.5. The summed E-state index contributed by atoms with van der Waals surface area (Å²) in [5, 5.41) is 14.0. The van der Waals surface area contributed by atoms with Crippen LogP contribution in [0.2, 0.25) is 5.02 Å². The lowest BCUT2D eigenvalue weighted by atomic mass is 9.98. The smallest absolute Gasteiger partial charge is 0.307 e. The first-order chi connectivity index (χ1) is 14.5. The summed E-state index contributed by atoms with van der Waals surface area (Å²) in [6, 6.07) is 20.6. The summed E-state index contributed by atoms with van der Waals surface area (Å²) in [5.74, 6) is -0.180. The molecule has 30 heavy (non-hydrogen) atoms. The van der Waals surface area contributed by atoms with Crippen molar-refractivity contribution < 1.29 is 19.5 Å². The van der Waals surface area contributed by atoms with Crippen molar-refractivity contribution in [3.63, 3.8) is 0 Å². The van der Waals surface area contributed by atoms with Gasteiger partial charge in [0.05, 0.1) is 19.2 Å². The third kappa shape index (κ3) is 5.61. The third-order valence-corrected chi connectivity index (χ3v) is 4.80. The molecule has 0 aliphatic carbocycles. The number of carboxylic acids is 1. The van der Waals surface area contributed by atoms with Crippen molar-refractivity contribution in [1.29, 1.82) is 0 Å². The molecule has 0 spiro atoms. The van der Waals surface area contributed by atoms with Crippen LogP contribution in [0, 0.1) is 0 Å². The maximum absolute atomic E-state index is 11.0. The second-order valence-corrected chi connectivity index (χ2v) is 7.20. The average Bonchev–Trinajstić information content (AvgIpc) is 2.74. The van der Waals surface area contributed by atoms with Gasteiger partial charge in [0, 0.05) is 10.6 Å². The molecule has 0 fully saturated rings. The molecule has 3 aromatic rings. The van der Waals surface area contributed by atoms with E-state index in [0.717, 1.165) is 27.8 Å². The molecule has 0 aliphatic heterocycles. The Balaban J connectivity index is 1.83.